The van der Waals surface area contributed by atoms with Crippen LogP contribution in [0.15, 0.2) is 36.4 Å². The van der Waals surface area contributed by atoms with Crippen LogP contribution >= 0.6 is 22.7 Å². The Kier molecular flexibility index (Phi) is 7.53. The minimum atomic E-state index is -0.920. The van der Waals surface area contributed by atoms with Crippen molar-refractivity contribution in [3.63, 3.8) is 0 Å². The number of nitrogens with one attached hydrogen (secondary N) is 1. The third kappa shape index (κ3) is 5.25. The fraction of sp³-hybridized carbons (Fsp3) is 0.394. The molecule has 8 nitrogen and oxygen atoms in total. The summed E-state index contributed by atoms with van der Waals surface area (Å²) in [5.41, 5.74) is 6.99. The Morgan fingerprint density at radius 1 is 1.00 bits per heavy atom. The van der Waals surface area contributed by atoms with E-state index in [4.69, 9.17) is 4.98 Å². The van der Waals surface area contributed by atoms with Crippen LogP contribution in [0, 0.1) is 13.8 Å². The number of fused-ring (bicyclic) bond motifs is 2. The lowest BCUT2D eigenvalue weighted by Crippen LogP contribution is -2.47. The second-order valence-electron chi connectivity index (χ2n) is 11.7. The predicted molar refractivity (Wildman–Crippen MR) is 173 cm³/mol. The lowest BCUT2D eigenvalue weighted by molar-refractivity contribution is -0.132. The zero-order valence-electron chi connectivity index (χ0n) is 24.5. The highest BCUT2D eigenvalue weighted by Gasteiger charge is 2.30. The first-order valence-electron chi connectivity index (χ1n) is 15.1. The molecule has 222 valence electrons. The van der Waals surface area contributed by atoms with Crippen molar-refractivity contribution in [2.45, 2.75) is 58.4 Å². The number of benzene rings is 1. The second-order valence-corrected chi connectivity index (χ2v) is 14.0. The van der Waals surface area contributed by atoms with E-state index in [-0.39, 0.29) is 12.5 Å². The van der Waals surface area contributed by atoms with Crippen LogP contribution in [0.3, 0.4) is 0 Å². The van der Waals surface area contributed by atoms with E-state index in [2.05, 4.69) is 45.2 Å². The molecule has 1 saturated heterocycles. The van der Waals surface area contributed by atoms with Gasteiger partial charge in [0.2, 0.25) is 5.91 Å². The molecule has 0 radical (unpaired) electrons. The van der Waals surface area contributed by atoms with Crippen molar-refractivity contribution in [2.75, 3.05) is 26.2 Å². The van der Waals surface area contributed by atoms with Crippen molar-refractivity contribution in [1.29, 1.82) is 0 Å². The molecule has 0 spiro atoms. The van der Waals surface area contributed by atoms with Crippen molar-refractivity contribution in [1.82, 2.24) is 24.8 Å². The van der Waals surface area contributed by atoms with Crippen LogP contribution < -0.4 is 5.32 Å². The van der Waals surface area contributed by atoms with Gasteiger partial charge in [-0.05, 0) is 68.0 Å². The van der Waals surface area contributed by atoms with Crippen LogP contribution in [0.1, 0.15) is 64.0 Å². The first-order valence-corrected chi connectivity index (χ1v) is 16.7. The van der Waals surface area contributed by atoms with E-state index >= 15 is 0 Å². The Labute approximate surface area is 258 Å². The number of carbonyl (C=O) groups excluding carboxylic acids is 1. The van der Waals surface area contributed by atoms with Crippen LogP contribution in [0.4, 0.5) is 0 Å². The Hall–Kier alpha value is -3.60. The molecule has 1 amide bonds. The number of aryl methyl sites for hydroxylation is 2. The summed E-state index contributed by atoms with van der Waals surface area (Å²) in [4.78, 5) is 38.7. The van der Waals surface area contributed by atoms with Gasteiger partial charge in [-0.1, -0.05) is 31.4 Å². The summed E-state index contributed by atoms with van der Waals surface area (Å²) in [6.45, 7) is 7.17. The largest absolute Gasteiger partial charge is 0.477 e. The number of hydrogen-bond acceptors (Lipinski definition) is 7. The van der Waals surface area contributed by atoms with E-state index in [9.17, 15) is 14.7 Å². The maximum absolute atomic E-state index is 13.7. The number of nitrogens with zero attached hydrogens (tertiary/aromatic N) is 4. The zero-order chi connectivity index (χ0) is 29.7. The normalized spacial score (nSPS) is 16.4. The molecule has 5 aromatic rings. The number of rotatable bonds is 6. The molecule has 1 aliphatic heterocycles. The van der Waals surface area contributed by atoms with Crippen LogP contribution in [-0.2, 0) is 11.3 Å². The van der Waals surface area contributed by atoms with Crippen LogP contribution in [-0.4, -0.2) is 62.6 Å². The van der Waals surface area contributed by atoms with E-state index < -0.39 is 5.97 Å². The van der Waals surface area contributed by atoms with Crippen molar-refractivity contribution in [3.8, 4) is 21.8 Å². The standard InChI is InChI=1S/C33H35N5O3S2/c1-19-31(42-20(2)35-19)25-11-8-22-16-23(9-10-24(22)36-25)30-29(21-6-4-3-5-7-21)32-26(17-27(43-32)33(40)41)38(30)18-28(39)37-14-12-34-13-15-37/h8-11,16-17,21,34H,3-7,12-15,18H2,1-2H3,(H,40,41). The number of thiazole rings is 1. The molecule has 2 N–H and O–H groups in total. The fourth-order valence-corrected chi connectivity index (χ4v) is 8.83. The number of thiophene rings is 1. The minimum Gasteiger partial charge on any atom is -0.477 e. The van der Waals surface area contributed by atoms with Gasteiger partial charge in [-0.25, -0.2) is 14.8 Å². The molecular weight excluding hydrogens is 579 g/mol. The van der Waals surface area contributed by atoms with Gasteiger partial charge in [0, 0.05) is 31.6 Å². The highest BCUT2D eigenvalue weighted by atomic mass is 32.1. The molecule has 0 bridgehead atoms. The number of aromatic nitrogens is 3. The SMILES string of the molecule is Cc1nc(C)c(-c2ccc3cc(-c4c(C5CCCCC5)c5sc(C(=O)O)cc5n4CC(=O)N4CCNCC4)ccc3n2)s1. The van der Waals surface area contributed by atoms with E-state index in [1.165, 1.54) is 23.3 Å². The fourth-order valence-electron chi connectivity index (χ4n) is 6.82. The van der Waals surface area contributed by atoms with Crippen molar-refractivity contribution in [3.05, 3.63) is 57.5 Å². The number of hydrogen-bond donors (Lipinski definition) is 2. The summed E-state index contributed by atoms with van der Waals surface area (Å²) < 4.78 is 3.12. The third-order valence-electron chi connectivity index (χ3n) is 8.86. The molecular formula is C33H35N5O3S2. The summed E-state index contributed by atoms with van der Waals surface area (Å²) >= 11 is 3.01. The zero-order valence-corrected chi connectivity index (χ0v) is 26.1. The molecule has 2 aliphatic rings. The number of aromatic carboxylic acids is 1. The molecule has 7 rings (SSSR count). The van der Waals surface area contributed by atoms with Gasteiger partial charge in [0.25, 0.3) is 0 Å². The summed E-state index contributed by atoms with van der Waals surface area (Å²) in [6.07, 6.45) is 5.70. The Morgan fingerprint density at radius 3 is 2.51 bits per heavy atom. The molecule has 43 heavy (non-hydrogen) atoms. The van der Waals surface area contributed by atoms with E-state index in [1.807, 2.05) is 18.7 Å². The van der Waals surface area contributed by atoms with Crippen molar-refractivity contribution in [2.24, 2.45) is 0 Å². The lowest BCUT2D eigenvalue weighted by atomic mass is 9.83. The van der Waals surface area contributed by atoms with E-state index in [0.717, 1.165) is 92.4 Å². The molecule has 4 aromatic heterocycles. The molecule has 1 aliphatic carbocycles. The topological polar surface area (TPSA) is 100 Å². The maximum atomic E-state index is 13.7. The summed E-state index contributed by atoms with van der Waals surface area (Å²) in [5, 5.41) is 15.3. The second kappa shape index (κ2) is 11.5. The maximum Gasteiger partial charge on any atom is 0.345 e. The highest BCUT2D eigenvalue weighted by Crippen LogP contribution is 2.47. The quantitative estimate of drug-likeness (QED) is 0.218. The summed E-state index contributed by atoms with van der Waals surface area (Å²) in [7, 11) is 0. The average molecular weight is 614 g/mol. The average Bonchev–Trinajstić information content (AvgIpc) is 3.69. The van der Waals surface area contributed by atoms with Crippen LogP contribution in [0.25, 0.3) is 42.9 Å². The number of carbonyl (C=O) groups is 2. The van der Waals surface area contributed by atoms with Gasteiger partial charge in [-0.3, -0.25) is 4.79 Å². The third-order valence-corrected chi connectivity index (χ3v) is 11.1. The number of piperazine rings is 1. The molecule has 5 heterocycles. The Bertz CT molecular complexity index is 1860. The monoisotopic (exact) mass is 613 g/mol. The van der Waals surface area contributed by atoms with Gasteiger partial charge in [-0.2, -0.15) is 0 Å². The Morgan fingerprint density at radius 2 is 1.79 bits per heavy atom. The number of amides is 1. The summed E-state index contributed by atoms with van der Waals surface area (Å²) in [5.74, 6) is -0.521. The molecule has 10 heteroatoms. The first kappa shape index (κ1) is 28.2. The predicted octanol–water partition coefficient (Wildman–Crippen LogP) is 6.84. The number of pyridine rings is 1. The molecule has 0 unspecified atom stereocenters. The molecule has 1 aromatic carbocycles. The first-order chi connectivity index (χ1) is 20.9. The Balaban J connectivity index is 1.39. The van der Waals surface area contributed by atoms with Gasteiger partial charge in [0.05, 0.1) is 42.7 Å². The van der Waals surface area contributed by atoms with Gasteiger partial charge >= 0.3 is 5.97 Å². The number of carboxylic acids is 1. The minimum absolute atomic E-state index is 0.0697. The lowest BCUT2D eigenvalue weighted by Gasteiger charge is -2.28. The van der Waals surface area contributed by atoms with Crippen molar-refractivity contribution < 1.29 is 14.7 Å². The molecule has 1 saturated carbocycles. The van der Waals surface area contributed by atoms with Gasteiger partial charge in [0.15, 0.2) is 0 Å². The smallest absolute Gasteiger partial charge is 0.345 e. The van der Waals surface area contributed by atoms with E-state index in [0.29, 0.717) is 23.9 Å². The van der Waals surface area contributed by atoms with Crippen LogP contribution in [0.2, 0.25) is 0 Å². The van der Waals surface area contributed by atoms with E-state index in [1.54, 1.807) is 17.4 Å². The number of carboxylic acid groups (broad SMARTS) is 1. The summed E-state index contributed by atoms with van der Waals surface area (Å²) in [6, 6.07) is 12.4. The van der Waals surface area contributed by atoms with Gasteiger partial charge < -0.3 is 19.9 Å². The molecule has 0 atom stereocenters. The molecule has 2 fully saturated rings. The van der Waals surface area contributed by atoms with Gasteiger partial charge in [0.1, 0.15) is 11.4 Å². The van der Waals surface area contributed by atoms with Crippen LogP contribution in [0.5, 0.6) is 0 Å². The van der Waals surface area contributed by atoms with Gasteiger partial charge in [-0.15, -0.1) is 22.7 Å². The highest BCUT2D eigenvalue weighted by molar-refractivity contribution is 7.21. The van der Waals surface area contributed by atoms with Crippen molar-refractivity contribution >= 4 is 55.7 Å².